The van der Waals surface area contributed by atoms with E-state index in [0.29, 0.717) is 23.6 Å². The Morgan fingerprint density at radius 1 is 1.00 bits per heavy atom. The van der Waals surface area contributed by atoms with Crippen molar-refractivity contribution in [3.63, 3.8) is 0 Å². The molecule has 30 heavy (non-hydrogen) atoms. The SMILES string of the molecule is COc1ccc(CCNC(=O)C(C)S(=O)(=O)CC(=O)Nc2ccccc2)cc1OC. The van der Waals surface area contributed by atoms with Crippen LogP contribution in [0.25, 0.3) is 0 Å². The molecule has 2 rings (SSSR count). The molecule has 0 spiro atoms. The summed E-state index contributed by atoms with van der Waals surface area (Å²) in [6.07, 6.45) is 0.480. The number of sulfone groups is 1. The minimum atomic E-state index is -3.95. The third-order valence-corrected chi connectivity index (χ3v) is 6.41. The van der Waals surface area contributed by atoms with Crippen molar-refractivity contribution in [2.24, 2.45) is 0 Å². The van der Waals surface area contributed by atoms with Gasteiger partial charge in [-0.05, 0) is 43.2 Å². The Hall–Kier alpha value is -3.07. The summed E-state index contributed by atoms with van der Waals surface area (Å²) in [4.78, 5) is 24.3. The molecule has 0 radical (unpaired) electrons. The molecule has 2 N–H and O–H groups in total. The van der Waals surface area contributed by atoms with Crippen LogP contribution in [-0.2, 0) is 25.8 Å². The predicted octanol–water partition coefficient (Wildman–Crippen LogP) is 1.80. The number of anilines is 1. The van der Waals surface area contributed by atoms with Gasteiger partial charge in [-0.2, -0.15) is 0 Å². The molecule has 1 atom stereocenters. The summed E-state index contributed by atoms with van der Waals surface area (Å²) in [6, 6.07) is 13.9. The van der Waals surface area contributed by atoms with Gasteiger partial charge >= 0.3 is 0 Å². The lowest BCUT2D eigenvalue weighted by Crippen LogP contribution is -2.41. The monoisotopic (exact) mass is 434 g/mol. The lowest BCUT2D eigenvalue weighted by Gasteiger charge is -2.14. The van der Waals surface area contributed by atoms with Crippen molar-refractivity contribution in [1.82, 2.24) is 5.32 Å². The van der Waals surface area contributed by atoms with Gasteiger partial charge in [-0.25, -0.2) is 8.42 Å². The quantitative estimate of drug-likeness (QED) is 0.590. The molecular weight excluding hydrogens is 408 g/mol. The zero-order valence-electron chi connectivity index (χ0n) is 17.2. The molecule has 0 fully saturated rings. The summed E-state index contributed by atoms with van der Waals surface area (Å²) in [5.41, 5.74) is 1.38. The highest BCUT2D eigenvalue weighted by Crippen LogP contribution is 2.27. The fourth-order valence-corrected chi connectivity index (χ4v) is 3.80. The Kier molecular flexibility index (Phi) is 8.23. The fourth-order valence-electron chi connectivity index (χ4n) is 2.70. The average Bonchev–Trinajstić information content (AvgIpc) is 2.73. The van der Waals surface area contributed by atoms with Gasteiger partial charge in [0.05, 0.1) is 14.2 Å². The van der Waals surface area contributed by atoms with Gasteiger partial charge in [0.2, 0.25) is 11.8 Å². The van der Waals surface area contributed by atoms with Crippen LogP contribution < -0.4 is 20.1 Å². The third-order valence-electron chi connectivity index (χ3n) is 4.46. The molecule has 0 bridgehead atoms. The fraction of sp³-hybridized carbons (Fsp3) is 0.333. The van der Waals surface area contributed by atoms with E-state index in [1.54, 1.807) is 49.6 Å². The van der Waals surface area contributed by atoms with E-state index < -0.39 is 32.7 Å². The van der Waals surface area contributed by atoms with Gasteiger partial charge in [-0.15, -0.1) is 0 Å². The molecule has 0 saturated carbocycles. The van der Waals surface area contributed by atoms with Crippen LogP contribution in [0.15, 0.2) is 48.5 Å². The molecule has 2 aromatic rings. The number of ether oxygens (including phenoxy) is 2. The number of benzene rings is 2. The van der Waals surface area contributed by atoms with Crippen LogP contribution in [0.5, 0.6) is 11.5 Å². The van der Waals surface area contributed by atoms with Gasteiger partial charge in [0.1, 0.15) is 11.0 Å². The summed E-state index contributed by atoms with van der Waals surface area (Å²) in [5.74, 6) is -0.943. The van der Waals surface area contributed by atoms with Crippen molar-refractivity contribution in [3.8, 4) is 11.5 Å². The maximum atomic E-state index is 12.4. The Morgan fingerprint density at radius 3 is 2.30 bits per heavy atom. The summed E-state index contributed by atoms with van der Waals surface area (Å²) in [6.45, 7) is 1.52. The molecule has 0 aliphatic rings. The van der Waals surface area contributed by atoms with Crippen LogP contribution in [-0.4, -0.2) is 52.0 Å². The predicted molar refractivity (Wildman–Crippen MR) is 115 cm³/mol. The number of hydrogen-bond acceptors (Lipinski definition) is 6. The lowest BCUT2D eigenvalue weighted by molar-refractivity contribution is -0.120. The molecule has 0 heterocycles. The third kappa shape index (κ3) is 6.48. The second kappa shape index (κ2) is 10.6. The number of para-hydroxylation sites is 1. The Balaban J connectivity index is 1.87. The highest BCUT2D eigenvalue weighted by Gasteiger charge is 2.30. The minimum Gasteiger partial charge on any atom is -0.493 e. The summed E-state index contributed by atoms with van der Waals surface area (Å²) >= 11 is 0. The molecule has 162 valence electrons. The van der Waals surface area contributed by atoms with Crippen LogP contribution >= 0.6 is 0 Å². The zero-order chi connectivity index (χ0) is 22.1. The summed E-state index contributed by atoms with van der Waals surface area (Å²) in [5, 5.41) is 3.77. The summed E-state index contributed by atoms with van der Waals surface area (Å²) in [7, 11) is -0.881. The lowest BCUT2D eigenvalue weighted by atomic mass is 10.1. The number of hydrogen-bond donors (Lipinski definition) is 2. The molecule has 0 aromatic heterocycles. The normalized spacial score (nSPS) is 12.0. The first-order valence-electron chi connectivity index (χ1n) is 9.32. The first kappa shape index (κ1) is 23.2. The van der Waals surface area contributed by atoms with E-state index in [4.69, 9.17) is 9.47 Å². The molecule has 2 amide bonds. The number of methoxy groups -OCH3 is 2. The maximum Gasteiger partial charge on any atom is 0.239 e. The molecule has 0 aliphatic heterocycles. The van der Waals surface area contributed by atoms with Crippen molar-refractivity contribution in [3.05, 3.63) is 54.1 Å². The average molecular weight is 435 g/mol. The zero-order valence-corrected chi connectivity index (χ0v) is 18.0. The van der Waals surface area contributed by atoms with Crippen molar-refractivity contribution in [2.45, 2.75) is 18.6 Å². The van der Waals surface area contributed by atoms with E-state index in [1.165, 1.54) is 14.0 Å². The number of amides is 2. The van der Waals surface area contributed by atoms with E-state index >= 15 is 0 Å². The van der Waals surface area contributed by atoms with Crippen LogP contribution in [0.3, 0.4) is 0 Å². The van der Waals surface area contributed by atoms with E-state index in [-0.39, 0.29) is 6.54 Å². The molecule has 0 aliphatic carbocycles. The molecule has 9 heteroatoms. The second-order valence-corrected chi connectivity index (χ2v) is 8.92. The minimum absolute atomic E-state index is 0.240. The molecule has 2 aromatic carbocycles. The first-order valence-corrected chi connectivity index (χ1v) is 11.0. The molecule has 1 unspecified atom stereocenters. The smallest absolute Gasteiger partial charge is 0.239 e. The number of carbonyl (C=O) groups excluding carboxylic acids is 2. The van der Waals surface area contributed by atoms with Crippen molar-refractivity contribution < 1.29 is 27.5 Å². The van der Waals surface area contributed by atoms with Gasteiger partial charge in [0.15, 0.2) is 21.3 Å². The molecule has 8 nitrogen and oxygen atoms in total. The number of carbonyl (C=O) groups is 2. The highest BCUT2D eigenvalue weighted by molar-refractivity contribution is 7.93. The highest BCUT2D eigenvalue weighted by atomic mass is 32.2. The van der Waals surface area contributed by atoms with Crippen molar-refractivity contribution in [1.29, 1.82) is 0 Å². The van der Waals surface area contributed by atoms with Crippen LogP contribution in [0.2, 0.25) is 0 Å². The Morgan fingerprint density at radius 2 is 1.67 bits per heavy atom. The second-order valence-electron chi connectivity index (χ2n) is 6.59. The molecular formula is C21H26N2O6S. The van der Waals surface area contributed by atoms with Crippen LogP contribution in [0.4, 0.5) is 5.69 Å². The van der Waals surface area contributed by atoms with Gasteiger partial charge in [-0.1, -0.05) is 24.3 Å². The standard InChI is InChI=1S/C21H26N2O6S/c1-15(30(26,27)14-20(24)23-17-7-5-4-6-8-17)21(25)22-12-11-16-9-10-18(28-2)19(13-16)29-3/h4-10,13,15H,11-12,14H2,1-3H3,(H,22,25)(H,23,24). The summed E-state index contributed by atoms with van der Waals surface area (Å²) < 4.78 is 35.2. The van der Waals surface area contributed by atoms with Gasteiger partial charge in [0, 0.05) is 12.2 Å². The maximum absolute atomic E-state index is 12.4. The molecule has 0 saturated heterocycles. The Bertz CT molecular complexity index is 976. The topological polar surface area (TPSA) is 111 Å². The van der Waals surface area contributed by atoms with Gasteiger partial charge < -0.3 is 20.1 Å². The number of rotatable bonds is 10. The first-order chi connectivity index (χ1) is 14.3. The van der Waals surface area contributed by atoms with E-state index in [0.717, 1.165) is 5.56 Å². The largest absolute Gasteiger partial charge is 0.493 e. The Labute approximate surface area is 176 Å². The van der Waals surface area contributed by atoms with Crippen LogP contribution in [0.1, 0.15) is 12.5 Å². The van der Waals surface area contributed by atoms with Gasteiger partial charge in [-0.3, -0.25) is 9.59 Å². The van der Waals surface area contributed by atoms with Gasteiger partial charge in [0.25, 0.3) is 0 Å². The van der Waals surface area contributed by atoms with E-state index in [1.807, 2.05) is 6.07 Å². The number of nitrogens with one attached hydrogen (secondary N) is 2. The van der Waals surface area contributed by atoms with Crippen molar-refractivity contribution in [2.75, 3.05) is 31.8 Å². The van der Waals surface area contributed by atoms with Crippen molar-refractivity contribution >= 4 is 27.3 Å². The van der Waals surface area contributed by atoms with E-state index in [9.17, 15) is 18.0 Å². The van der Waals surface area contributed by atoms with Crippen LogP contribution in [0, 0.1) is 0 Å². The van der Waals surface area contributed by atoms with E-state index in [2.05, 4.69) is 10.6 Å².